The quantitative estimate of drug-likeness (QED) is 0.802. The molecule has 88 valence electrons. The fraction of sp³-hybridized carbons (Fsp3) is 0.500. The van der Waals surface area contributed by atoms with Crippen LogP contribution < -0.4 is 0 Å². The van der Waals surface area contributed by atoms with Crippen molar-refractivity contribution in [2.24, 2.45) is 5.92 Å². The molecule has 1 atom stereocenters. The summed E-state index contributed by atoms with van der Waals surface area (Å²) in [6.07, 6.45) is 4.85. The SMILES string of the molecule is CS(=O)(=O)c1ccc(CC(Br)C2CC2)cc1. The molecule has 4 heteroatoms. The van der Waals surface area contributed by atoms with Crippen LogP contribution >= 0.6 is 15.9 Å². The van der Waals surface area contributed by atoms with Crippen molar-refractivity contribution in [2.75, 3.05) is 6.26 Å². The van der Waals surface area contributed by atoms with Gasteiger partial charge in [-0.1, -0.05) is 28.1 Å². The zero-order chi connectivity index (χ0) is 11.8. The summed E-state index contributed by atoms with van der Waals surface area (Å²) in [7, 11) is -3.06. The predicted molar refractivity (Wildman–Crippen MR) is 68.7 cm³/mol. The lowest BCUT2D eigenvalue weighted by Crippen LogP contribution is -2.05. The van der Waals surface area contributed by atoms with Crippen LogP contribution in [0.5, 0.6) is 0 Å². The highest BCUT2D eigenvalue weighted by molar-refractivity contribution is 9.09. The molecule has 1 unspecified atom stereocenters. The van der Waals surface area contributed by atoms with Crippen LogP contribution in [0.25, 0.3) is 0 Å². The second-order valence-electron chi connectivity index (χ2n) is 4.47. The van der Waals surface area contributed by atoms with E-state index in [-0.39, 0.29) is 0 Å². The Hall–Kier alpha value is -0.350. The third kappa shape index (κ3) is 3.08. The summed E-state index contributed by atoms with van der Waals surface area (Å²) in [4.78, 5) is 0.936. The Morgan fingerprint density at radius 2 is 1.88 bits per heavy atom. The molecule has 0 amide bonds. The molecule has 0 aliphatic heterocycles. The first kappa shape index (κ1) is 12.1. The van der Waals surface area contributed by atoms with Crippen LogP contribution in [0.4, 0.5) is 0 Å². The van der Waals surface area contributed by atoms with Gasteiger partial charge < -0.3 is 0 Å². The normalized spacial score (nSPS) is 18.4. The van der Waals surface area contributed by atoms with Gasteiger partial charge in [0, 0.05) is 11.1 Å². The molecular weight excluding hydrogens is 288 g/mol. The third-order valence-electron chi connectivity index (χ3n) is 2.92. The third-order valence-corrected chi connectivity index (χ3v) is 5.12. The zero-order valence-corrected chi connectivity index (χ0v) is 11.6. The molecule has 0 saturated heterocycles. The average molecular weight is 303 g/mol. The molecular formula is C12H15BrO2S. The van der Waals surface area contributed by atoms with Crippen LogP contribution in [-0.4, -0.2) is 19.5 Å². The smallest absolute Gasteiger partial charge is 0.175 e. The largest absolute Gasteiger partial charge is 0.224 e. The van der Waals surface area contributed by atoms with E-state index in [4.69, 9.17) is 0 Å². The fourth-order valence-electron chi connectivity index (χ4n) is 1.72. The van der Waals surface area contributed by atoms with Crippen molar-refractivity contribution in [3.63, 3.8) is 0 Å². The Morgan fingerprint density at radius 3 is 2.31 bits per heavy atom. The van der Waals surface area contributed by atoms with Crippen molar-refractivity contribution in [1.29, 1.82) is 0 Å². The van der Waals surface area contributed by atoms with Gasteiger partial charge in [0.25, 0.3) is 0 Å². The Balaban J connectivity index is 2.07. The van der Waals surface area contributed by atoms with Gasteiger partial charge in [0.2, 0.25) is 0 Å². The van der Waals surface area contributed by atoms with Gasteiger partial charge >= 0.3 is 0 Å². The summed E-state index contributed by atoms with van der Waals surface area (Å²) in [5.74, 6) is 0.814. The molecule has 0 radical (unpaired) electrons. The Morgan fingerprint density at radius 1 is 1.31 bits per heavy atom. The van der Waals surface area contributed by atoms with E-state index < -0.39 is 9.84 Å². The first-order valence-electron chi connectivity index (χ1n) is 5.40. The van der Waals surface area contributed by atoms with Crippen LogP contribution in [-0.2, 0) is 16.3 Å². The molecule has 0 N–H and O–H groups in total. The van der Waals surface area contributed by atoms with E-state index in [9.17, 15) is 8.42 Å². The highest BCUT2D eigenvalue weighted by Gasteiger charge is 2.29. The summed E-state index contributed by atoms with van der Waals surface area (Å²) in [5, 5.41) is 0. The van der Waals surface area contributed by atoms with Crippen molar-refractivity contribution in [3.8, 4) is 0 Å². The van der Waals surface area contributed by atoms with Gasteiger partial charge in [-0.25, -0.2) is 8.42 Å². The molecule has 1 aromatic carbocycles. The van der Waals surface area contributed by atoms with Crippen LogP contribution in [0, 0.1) is 5.92 Å². The summed E-state index contributed by atoms with van der Waals surface area (Å²) < 4.78 is 22.6. The van der Waals surface area contributed by atoms with E-state index in [1.807, 2.05) is 12.1 Å². The minimum Gasteiger partial charge on any atom is -0.224 e. The molecule has 1 aliphatic carbocycles. The Labute approximate surface area is 105 Å². The Bertz CT molecular complexity index is 460. The molecule has 0 heterocycles. The molecule has 0 bridgehead atoms. The standard InChI is InChI=1S/C12H15BrO2S/c1-16(14,15)11-6-2-9(3-7-11)8-12(13)10-4-5-10/h2-3,6-7,10,12H,4-5,8H2,1H3. The topological polar surface area (TPSA) is 34.1 Å². The summed E-state index contributed by atoms with van der Waals surface area (Å²) >= 11 is 3.68. The summed E-state index contributed by atoms with van der Waals surface area (Å²) in [5.41, 5.74) is 1.20. The number of alkyl halides is 1. The molecule has 1 fully saturated rings. The first-order valence-corrected chi connectivity index (χ1v) is 8.20. The van der Waals surface area contributed by atoms with E-state index in [1.165, 1.54) is 24.7 Å². The van der Waals surface area contributed by atoms with E-state index in [0.717, 1.165) is 12.3 Å². The molecule has 0 aromatic heterocycles. The zero-order valence-electron chi connectivity index (χ0n) is 9.19. The minimum absolute atomic E-state index is 0.397. The molecule has 2 rings (SSSR count). The van der Waals surface area contributed by atoms with Crippen LogP contribution in [0.3, 0.4) is 0 Å². The molecule has 16 heavy (non-hydrogen) atoms. The van der Waals surface area contributed by atoms with Crippen LogP contribution in [0.2, 0.25) is 0 Å². The van der Waals surface area contributed by atoms with Gasteiger partial charge in [-0.15, -0.1) is 0 Å². The van der Waals surface area contributed by atoms with Crippen molar-refractivity contribution >= 4 is 25.8 Å². The first-order chi connectivity index (χ1) is 7.47. The van der Waals surface area contributed by atoms with Gasteiger partial charge in [0.1, 0.15) is 0 Å². The van der Waals surface area contributed by atoms with Gasteiger partial charge in [0.05, 0.1) is 4.90 Å². The molecule has 1 aromatic rings. The maximum absolute atomic E-state index is 11.3. The lowest BCUT2D eigenvalue weighted by atomic mass is 10.1. The van der Waals surface area contributed by atoms with Crippen LogP contribution in [0.15, 0.2) is 29.2 Å². The van der Waals surface area contributed by atoms with E-state index in [0.29, 0.717) is 9.72 Å². The van der Waals surface area contributed by atoms with Gasteiger partial charge in [-0.2, -0.15) is 0 Å². The predicted octanol–water partition coefficient (Wildman–Crippen LogP) is 2.81. The van der Waals surface area contributed by atoms with Gasteiger partial charge in [-0.05, 0) is 42.9 Å². The molecule has 1 saturated carbocycles. The van der Waals surface area contributed by atoms with E-state index in [2.05, 4.69) is 15.9 Å². The maximum Gasteiger partial charge on any atom is 0.175 e. The lowest BCUT2D eigenvalue weighted by molar-refractivity contribution is 0.602. The summed E-state index contributed by atoms with van der Waals surface area (Å²) in [6, 6.07) is 7.20. The second kappa shape index (κ2) is 4.49. The Kier molecular flexibility index (Phi) is 3.40. The highest BCUT2D eigenvalue weighted by Crippen LogP contribution is 2.38. The number of rotatable bonds is 4. The monoisotopic (exact) mass is 302 g/mol. The minimum atomic E-state index is -3.06. The highest BCUT2D eigenvalue weighted by atomic mass is 79.9. The van der Waals surface area contributed by atoms with Crippen molar-refractivity contribution in [3.05, 3.63) is 29.8 Å². The second-order valence-corrected chi connectivity index (χ2v) is 7.67. The number of hydrogen-bond donors (Lipinski definition) is 0. The van der Waals surface area contributed by atoms with Gasteiger partial charge in [-0.3, -0.25) is 0 Å². The average Bonchev–Trinajstić information content (AvgIpc) is 3.00. The number of sulfone groups is 1. The van der Waals surface area contributed by atoms with Crippen LogP contribution in [0.1, 0.15) is 18.4 Å². The number of benzene rings is 1. The van der Waals surface area contributed by atoms with E-state index in [1.54, 1.807) is 12.1 Å². The lowest BCUT2D eigenvalue weighted by Gasteiger charge is -2.08. The number of hydrogen-bond acceptors (Lipinski definition) is 2. The molecule has 1 aliphatic rings. The van der Waals surface area contributed by atoms with Crippen molar-refractivity contribution in [1.82, 2.24) is 0 Å². The van der Waals surface area contributed by atoms with E-state index >= 15 is 0 Å². The summed E-state index contributed by atoms with van der Waals surface area (Å²) in [6.45, 7) is 0. The number of halogens is 1. The van der Waals surface area contributed by atoms with Crippen molar-refractivity contribution in [2.45, 2.75) is 29.0 Å². The molecule has 2 nitrogen and oxygen atoms in total. The fourth-order valence-corrected chi connectivity index (χ4v) is 3.26. The van der Waals surface area contributed by atoms with Crippen molar-refractivity contribution < 1.29 is 8.42 Å². The molecule has 0 spiro atoms. The maximum atomic E-state index is 11.3. The van der Waals surface area contributed by atoms with Gasteiger partial charge in [0.15, 0.2) is 9.84 Å².